The van der Waals surface area contributed by atoms with Crippen LogP contribution in [0.15, 0.2) is 18.2 Å². The number of halogens is 2. The van der Waals surface area contributed by atoms with Crippen molar-refractivity contribution in [3.8, 4) is 0 Å². The number of benzene rings is 1. The van der Waals surface area contributed by atoms with Gasteiger partial charge in [0.2, 0.25) is 0 Å². The molecule has 0 spiro atoms. The molecule has 1 aromatic carbocycles. The fourth-order valence-corrected chi connectivity index (χ4v) is 2.49. The first-order valence-electron chi connectivity index (χ1n) is 6.53. The van der Waals surface area contributed by atoms with Crippen LogP contribution in [0, 0.1) is 11.6 Å². The average molecular weight is 284 g/mol. The van der Waals surface area contributed by atoms with Gasteiger partial charge in [-0.3, -0.25) is 4.79 Å². The first-order valence-corrected chi connectivity index (χ1v) is 6.53. The predicted molar refractivity (Wildman–Crippen MR) is 70.5 cm³/mol. The monoisotopic (exact) mass is 284 g/mol. The standard InChI is InChI=1S/C14H18F2N2O2/c1-20-9-14(5-2-6-18-14)8-17-13(19)11-4-3-10(15)7-12(11)16/h3-4,7,18H,2,5-6,8-9H2,1H3,(H,17,19). The van der Waals surface area contributed by atoms with Crippen LogP contribution < -0.4 is 10.6 Å². The van der Waals surface area contributed by atoms with Crippen molar-refractivity contribution >= 4 is 5.91 Å². The summed E-state index contributed by atoms with van der Waals surface area (Å²) in [7, 11) is 1.60. The molecule has 1 amide bonds. The third-order valence-electron chi connectivity index (χ3n) is 3.52. The summed E-state index contributed by atoms with van der Waals surface area (Å²) in [5, 5.41) is 5.99. The maximum atomic E-state index is 13.5. The minimum Gasteiger partial charge on any atom is -0.383 e. The van der Waals surface area contributed by atoms with Crippen LogP contribution in [0.1, 0.15) is 23.2 Å². The Kier molecular flexibility index (Phi) is 4.67. The lowest BCUT2D eigenvalue weighted by Gasteiger charge is -2.29. The van der Waals surface area contributed by atoms with E-state index in [-0.39, 0.29) is 11.1 Å². The van der Waals surface area contributed by atoms with E-state index in [4.69, 9.17) is 4.74 Å². The lowest BCUT2D eigenvalue weighted by Crippen LogP contribution is -2.53. The summed E-state index contributed by atoms with van der Waals surface area (Å²) in [6, 6.07) is 2.91. The van der Waals surface area contributed by atoms with E-state index in [2.05, 4.69) is 10.6 Å². The normalized spacial score (nSPS) is 21.9. The Balaban J connectivity index is 2.00. The molecule has 20 heavy (non-hydrogen) atoms. The average Bonchev–Trinajstić information content (AvgIpc) is 2.85. The largest absolute Gasteiger partial charge is 0.383 e. The number of ether oxygens (including phenoxy) is 1. The van der Waals surface area contributed by atoms with Crippen LogP contribution >= 0.6 is 0 Å². The highest BCUT2D eigenvalue weighted by Crippen LogP contribution is 2.19. The van der Waals surface area contributed by atoms with Gasteiger partial charge in [-0.15, -0.1) is 0 Å². The smallest absolute Gasteiger partial charge is 0.254 e. The maximum Gasteiger partial charge on any atom is 0.254 e. The van der Waals surface area contributed by atoms with Gasteiger partial charge in [0.1, 0.15) is 11.6 Å². The van der Waals surface area contributed by atoms with E-state index in [0.29, 0.717) is 19.2 Å². The van der Waals surface area contributed by atoms with Crippen molar-refractivity contribution in [2.45, 2.75) is 18.4 Å². The molecule has 4 nitrogen and oxygen atoms in total. The van der Waals surface area contributed by atoms with Gasteiger partial charge < -0.3 is 15.4 Å². The fourth-order valence-electron chi connectivity index (χ4n) is 2.49. The van der Waals surface area contributed by atoms with Gasteiger partial charge in [-0.25, -0.2) is 8.78 Å². The van der Waals surface area contributed by atoms with E-state index in [1.54, 1.807) is 7.11 Å². The second kappa shape index (κ2) is 6.28. The van der Waals surface area contributed by atoms with Crippen molar-refractivity contribution in [3.05, 3.63) is 35.4 Å². The molecule has 1 aliphatic rings. The second-order valence-corrected chi connectivity index (χ2v) is 5.05. The van der Waals surface area contributed by atoms with Crippen LogP contribution in [0.4, 0.5) is 8.78 Å². The SMILES string of the molecule is COCC1(CNC(=O)c2ccc(F)cc2F)CCCN1. The molecule has 1 saturated heterocycles. The first-order chi connectivity index (χ1) is 9.56. The molecule has 0 aromatic heterocycles. The summed E-state index contributed by atoms with van der Waals surface area (Å²) in [5.41, 5.74) is -0.460. The predicted octanol–water partition coefficient (Wildman–Crippen LogP) is 1.46. The summed E-state index contributed by atoms with van der Waals surface area (Å²) in [4.78, 5) is 11.9. The van der Waals surface area contributed by atoms with E-state index < -0.39 is 17.5 Å². The zero-order valence-corrected chi connectivity index (χ0v) is 11.3. The fraction of sp³-hybridized carbons (Fsp3) is 0.500. The molecular formula is C14H18F2N2O2. The van der Waals surface area contributed by atoms with E-state index in [1.165, 1.54) is 0 Å². The van der Waals surface area contributed by atoms with Crippen molar-refractivity contribution in [1.29, 1.82) is 0 Å². The van der Waals surface area contributed by atoms with Crippen molar-refractivity contribution in [2.75, 3.05) is 26.8 Å². The minimum atomic E-state index is -0.859. The Bertz CT molecular complexity index is 488. The molecule has 1 unspecified atom stereocenters. The van der Waals surface area contributed by atoms with Gasteiger partial charge >= 0.3 is 0 Å². The number of methoxy groups -OCH3 is 1. The van der Waals surface area contributed by atoms with Crippen LogP contribution in [0.3, 0.4) is 0 Å². The van der Waals surface area contributed by atoms with E-state index in [1.807, 2.05) is 0 Å². The number of rotatable bonds is 5. The second-order valence-electron chi connectivity index (χ2n) is 5.05. The summed E-state index contributed by atoms with van der Waals surface area (Å²) in [5.74, 6) is -2.11. The number of amides is 1. The molecule has 110 valence electrons. The summed E-state index contributed by atoms with van der Waals surface area (Å²) >= 11 is 0. The zero-order chi connectivity index (χ0) is 14.6. The highest BCUT2D eigenvalue weighted by Gasteiger charge is 2.34. The molecule has 0 saturated carbocycles. The summed E-state index contributed by atoms with van der Waals surface area (Å²) < 4.78 is 31.5. The third kappa shape index (κ3) is 3.32. The number of hydrogen-bond donors (Lipinski definition) is 2. The van der Waals surface area contributed by atoms with Crippen LogP contribution in [0.25, 0.3) is 0 Å². The Morgan fingerprint density at radius 3 is 2.90 bits per heavy atom. The van der Waals surface area contributed by atoms with E-state index in [0.717, 1.165) is 31.5 Å². The Morgan fingerprint density at radius 2 is 2.30 bits per heavy atom. The number of carbonyl (C=O) groups excluding carboxylic acids is 1. The van der Waals surface area contributed by atoms with Crippen LogP contribution in [0.2, 0.25) is 0 Å². The molecule has 2 rings (SSSR count). The van der Waals surface area contributed by atoms with Crippen molar-refractivity contribution in [1.82, 2.24) is 10.6 Å². The van der Waals surface area contributed by atoms with E-state index in [9.17, 15) is 13.6 Å². The van der Waals surface area contributed by atoms with Gasteiger partial charge in [0.15, 0.2) is 0 Å². The highest BCUT2D eigenvalue weighted by molar-refractivity contribution is 5.94. The molecule has 1 atom stereocenters. The molecule has 1 aliphatic heterocycles. The molecule has 1 heterocycles. The van der Waals surface area contributed by atoms with Gasteiger partial charge in [-0.2, -0.15) is 0 Å². The van der Waals surface area contributed by atoms with E-state index >= 15 is 0 Å². The molecule has 2 N–H and O–H groups in total. The van der Waals surface area contributed by atoms with Crippen LogP contribution in [0.5, 0.6) is 0 Å². The van der Waals surface area contributed by atoms with Gasteiger partial charge in [0.25, 0.3) is 5.91 Å². The van der Waals surface area contributed by atoms with Gasteiger partial charge in [0.05, 0.1) is 17.7 Å². The van der Waals surface area contributed by atoms with Crippen molar-refractivity contribution in [2.24, 2.45) is 0 Å². The zero-order valence-electron chi connectivity index (χ0n) is 11.3. The molecule has 1 aromatic rings. The lowest BCUT2D eigenvalue weighted by molar-refractivity contribution is 0.0888. The molecule has 0 aliphatic carbocycles. The first kappa shape index (κ1) is 14.9. The van der Waals surface area contributed by atoms with Crippen LogP contribution in [-0.2, 0) is 4.74 Å². The Hall–Kier alpha value is -1.53. The number of carbonyl (C=O) groups is 1. The van der Waals surface area contributed by atoms with Gasteiger partial charge in [-0.05, 0) is 31.5 Å². The van der Waals surface area contributed by atoms with Gasteiger partial charge in [-0.1, -0.05) is 0 Å². The molecule has 0 bridgehead atoms. The topological polar surface area (TPSA) is 50.4 Å². The molecule has 0 radical (unpaired) electrons. The molecule has 1 fully saturated rings. The molecule has 6 heteroatoms. The van der Waals surface area contributed by atoms with Crippen molar-refractivity contribution in [3.63, 3.8) is 0 Å². The lowest BCUT2D eigenvalue weighted by atomic mass is 9.98. The Morgan fingerprint density at radius 1 is 1.50 bits per heavy atom. The Labute approximate surface area is 116 Å². The van der Waals surface area contributed by atoms with Crippen molar-refractivity contribution < 1.29 is 18.3 Å². The molecular weight excluding hydrogens is 266 g/mol. The maximum absolute atomic E-state index is 13.5. The quantitative estimate of drug-likeness (QED) is 0.861. The summed E-state index contributed by atoms with van der Waals surface area (Å²) in [6.07, 6.45) is 1.89. The number of nitrogens with one attached hydrogen (secondary N) is 2. The van der Waals surface area contributed by atoms with Crippen LogP contribution in [-0.4, -0.2) is 38.3 Å². The van der Waals surface area contributed by atoms with Gasteiger partial charge in [0, 0.05) is 19.7 Å². The minimum absolute atomic E-state index is 0.156. The number of hydrogen-bond acceptors (Lipinski definition) is 3. The highest BCUT2D eigenvalue weighted by atomic mass is 19.1. The third-order valence-corrected chi connectivity index (χ3v) is 3.52. The summed E-state index contributed by atoms with van der Waals surface area (Å²) in [6.45, 7) is 1.68.